The van der Waals surface area contributed by atoms with Crippen molar-refractivity contribution in [1.29, 1.82) is 5.41 Å². The summed E-state index contributed by atoms with van der Waals surface area (Å²) in [7, 11) is 0. The molecule has 5 nitrogen and oxygen atoms in total. The van der Waals surface area contributed by atoms with Gasteiger partial charge in [0.25, 0.3) is 0 Å². The molecular weight excluding hydrogens is 146 g/mol. The molecule has 0 aromatic rings. The van der Waals surface area contributed by atoms with E-state index in [1.54, 1.807) is 0 Å². The smallest absolute Gasteiger partial charge is 0.332 e. The molecule has 0 saturated carbocycles. The normalized spacial score (nSPS) is 8.82. The minimum absolute atomic E-state index is 0.358. The second-order valence-corrected chi connectivity index (χ2v) is 2.09. The number of nitrogens with one attached hydrogen (secondary N) is 2. The number of hydrogen-bond acceptors (Lipinski definition) is 3. The molecule has 0 spiro atoms. The van der Waals surface area contributed by atoms with Crippen LogP contribution in [0.3, 0.4) is 0 Å². The van der Waals surface area contributed by atoms with Gasteiger partial charge in [-0.25, -0.2) is 4.79 Å². The fourth-order valence-electron chi connectivity index (χ4n) is 0.484. The molecule has 0 bridgehead atoms. The first-order valence-corrected chi connectivity index (χ1v) is 3.46. The van der Waals surface area contributed by atoms with E-state index in [0.717, 1.165) is 12.8 Å². The maximum atomic E-state index is 10.7. The highest BCUT2D eigenvalue weighted by Gasteiger charge is 2.00. The van der Waals surface area contributed by atoms with Crippen molar-refractivity contribution in [3.63, 3.8) is 0 Å². The van der Waals surface area contributed by atoms with Crippen LogP contribution in [-0.4, -0.2) is 11.9 Å². The molecule has 4 N–H and O–H groups in total. The van der Waals surface area contributed by atoms with Gasteiger partial charge in [0.1, 0.15) is 0 Å². The molecule has 0 aliphatic carbocycles. The Balaban J connectivity index is 3.30. The molecule has 0 saturated heterocycles. The van der Waals surface area contributed by atoms with Crippen LogP contribution in [0.25, 0.3) is 0 Å². The van der Waals surface area contributed by atoms with Gasteiger partial charge in [-0.2, -0.15) is 5.48 Å². The third-order valence-corrected chi connectivity index (χ3v) is 1.01. The summed E-state index contributed by atoms with van der Waals surface area (Å²) in [5, 5.41) is 6.65. The number of rotatable bonds is 3. The molecule has 0 aliphatic rings. The van der Waals surface area contributed by atoms with E-state index in [-0.39, 0.29) is 11.9 Å². The monoisotopic (exact) mass is 159 g/mol. The minimum Gasteiger partial charge on any atom is -0.368 e. The van der Waals surface area contributed by atoms with Gasteiger partial charge in [0.05, 0.1) is 0 Å². The summed E-state index contributed by atoms with van der Waals surface area (Å²) >= 11 is 0. The highest BCUT2D eigenvalue weighted by molar-refractivity contribution is 5.76. The Labute approximate surface area is 65.4 Å². The van der Waals surface area contributed by atoms with Crippen molar-refractivity contribution >= 4 is 11.9 Å². The van der Waals surface area contributed by atoms with E-state index in [0.29, 0.717) is 6.42 Å². The summed E-state index contributed by atoms with van der Waals surface area (Å²) in [5.74, 6) is -0.753. The lowest BCUT2D eigenvalue weighted by Gasteiger charge is -2.02. The van der Waals surface area contributed by atoms with Crippen LogP contribution in [0, 0.1) is 5.41 Å². The molecule has 11 heavy (non-hydrogen) atoms. The average Bonchev–Trinajstić information content (AvgIpc) is 1.97. The SMILES string of the molecule is CCCCC(=O)ONC(=N)N. The first-order chi connectivity index (χ1) is 5.16. The van der Waals surface area contributed by atoms with Crippen molar-refractivity contribution in [2.75, 3.05) is 0 Å². The molecule has 0 fully saturated rings. The van der Waals surface area contributed by atoms with Crippen LogP contribution in [0.5, 0.6) is 0 Å². The summed E-state index contributed by atoms with van der Waals surface area (Å²) < 4.78 is 0. The van der Waals surface area contributed by atoms with E-state index in [1.807, 2.05) is 12.4 Å². The van der Waals surface area contributed by atoms with Crippen LogP contribution in [0.15, 0.2) is 0 Å². The Bertz CT molecular complexity index is 147. The Kier molecular flexibility index (Phi) is 4.89. The second-order valence-electron chi connectivity index (χ2n) is 2.09. The largest absolute Gasteiger partial charge is 0.368 e. The third-order valence-electron chi connectivity index (χ3n) is 1.01. The van der Waals surface area contributed by atoms with Gasteiger partial charge in [0.2, 0.25) is 5.96 Å². The second kappa shape index (κ2) is 5.52. The molecule has 0 rings (SSSR count). The third kappa shape index (κ3) is 6.63. The van der Waals surface area contributed by atoms with Gasteiger partial charge in [-0.3, -0.25) is 5.41 Å². The summed E-state index contributed by atoms with van der Waals surface area (Å²) in [6, 6.07) is 0. The standard InChI is InChI=1S/C6H13N3O2/c1-2-3-4-5(10)11-9-6(7)8/h2-4H2,1H3,(H4,7,8,9). The first-order valence-electron chi connectivity index (χ1n) is 3.46. The molecule has 0 unspecified atom stereocenters. The molecular formula is C6H13N3O2. The number of hydroxylamine groups is 1. The zero-order valence-corrected chi connectivity index (χ0v) is 6.52. The summed E-state index contributed by atoms with van der Waals surface area (Å²) in [6.07, 6.45) is 2.09. The van der Waals surface area contributed by atoms with Gasteiger partial charge in [0.15, 0.2) is 0 Å². The van der Waals surface area contributed by atoms with Crippen LogP contribution >= 0.6 is 0 Å². The van der Waals surface area contributed by atoms with E-state index < -0.39 is 0 Å². The molecule has 64 valence electrons. The number of guanidine groups is 1. The molecule has 0 aliphatic heterocycles. The number of carbonyl (C=O) groups excluding carboxylic acids is 1. The predicted octanol–water partition coefficient (Wildman–Crippen LogP) is 0.118. The van der Waals surface area contributed by atoms with E-state index in [1.165, 1.54) is 0 Å². The van der Waals surface area contributed by atoms with Gasteiger partial charge < -0.3 is 10.6 Å². The average molecular weight is 159 g/mol. The maximum absolute atomic E-state index is 10.7. The van der Waals surface area contributed by atoms with Gasteiger partial charge in [-0.1, -0.05) is 13.3 Å². The van der Waals surface area contributed by atoms with E-state index in [2.05, 4.69) is 4.84 Å². The molecule has 0 amide bonds. The zero-order chi connectivity index (χ0) is 8.69. The van der Waals surface area contributed by atoms with E-state index in [9.17, 15) is 4.79 Å². The molecule has 0 aromatic carbocycles. The van der Waals surface area contributed by atoms with E-state index in [4.69, 9.17) is 11.1 Å². The van der Waals surface area contributed by atoms with Crippen molar-refractivity contribution in [3.8, 4) is 0 Å². The highest BCUT2D eigenvalue weighted by Crippen LogP contribution is 1.94. The van der Waals surface area contributed by atoms with Gasteiger partial charge in [-0.05, 0) is 6.42 Å². The number of unbranched alkanes of at least 4 members (excludes halogenated alkanes) is 1. The predicted molar refractivity (Wildman–Crippen MR) is 40.7 cm³/mol. The Morgan fingerprint density at radius 1 is 1.73 bits per heavy atom. The van der Waals surface area contributed by atoms with Crippen LogP contribution in [0.1, 0.15) is 26.2 Å². The molecule has 0 atom stereocenters. The zero-order valence-electron chi connectivity index (χ0n) is 6.52. The maximum Gasteiger partial charge on any atom is 0.332 e. The van der Waals surface area contributed by atoms with Crippen molar-refractivity contribution in [3.05, 3.63) is 0 Å². The number of nitrogens with two attached hydrogens (primary N) is 1. The van der Waals surface area contributed by atoms with Crippen molar-refractivity contribution in [2.45, 2.75) is 26.2 Å². The summed E-state index contributed by atoms with van der Waals surface area (Å²) in [4.78, 5) is 15.0. The molecule has 0 radical (unpaired) electrons. The Morgan fingerprint density at radius 2 is 2.36 bits per heavy atom. The fraction of sp³-hybridized carbons (Fsp3) is 0.667. The first kappa shape index (κ1) is 9.74. The van der Waals surface area contributed by atoms with Crippen LogP contribution in [-0.2, 0) is 9.63 Å². The van der Waals surface area contributed by atoms with Gasteiger partial charge in [-0.15, -0.1) is 0 Å². The molecule has 5 heteroatoms. The van der Waals surface area contributed by atoms with Gasteiger partial charge in [0, 0.05) is 6.42 Å². The Morgan fingerprint density at radius 3 is 2.82 bits per heavy atom. The molecule has 0 heterocycles. The number of carbonyl (C=O) groups is 1. The van der Waals surface area contributed by atoms with Gasteiger partial charge >= 0.3 is 5.97 Å². The lowest BCUT2D eigenvalue weighted by Crippen LogP contribution is -2.32. The highest BCUT2D eigenvalue weighted by atomic mass is 16.7. The minimum atomic E-state index is -0.387. The van der Waals surface area contributed by atoms with Crippen molar-refractivity contribution in [1.82, 2.24) is 5.48 Å². The van der Waals surface area contributed by atoms with Crippen LogP contribution in [0.2, 0.25) is 0 Å². The quantitative estimate of drug-likeness (QED) is 0.310. The Hall–Kier alpha value is -1.26. The van der Waals surface area contributed by atoms with Crippen molar-refractivity contribution in [2.24, 2.45) is 5.73 Å². The number of hydrogen-bond donors (Lipinski definition) is 3. The fourth-order valence-corrected chi connectivity index (χ4v) is 0.484. The lowest BCUT2D eigenvalue weighted by atomic mass is 10.3. The van der Waals surface area contributed by atoms with Crippen LogP contribution in [0.4, 0.5) is 0 Å². The van der Waals surface area contributed by atoms with Crippen molar-refractivity contribution < 1.29 is 9.63 Å². The van der Waals surface area contributed by atoms with Crippen LogP contribution < -0.4 is 11.2 Å². The summed E-state index contributed by atoms with van der Waals surface area (Å²) in [6.45, 7) is 1.98. The molecule has 0 aromatic heterocycles. The van der Waals surface area contributed by atoms with E-state index >= 15 is 0 Å². The topological polar surface area (TPSA) is 88.2 Å². The summed E-state index contributed by atoms with van der Waals surface area (Å²) in [5.41, 5.74) is 6.83. The lowest BCUT2D eigenvalue weighted by molar-refractivity contribution is -0.148.